The second-order valence-electron chi connectivity index (χ2n) is 8.96. The van der Waals surface area contributed by atoms with Crippen LogP contribution in [0.3, 0.4) is 0 Å². The predicted molar refractivity (Wildman–Crippen MR) is 134 cm³/mol. The van der Waals surface area contributed by atoms with E-state index >= 15 is 0 Å². The SMILES string of the molecule is C[C@H]1CN(C(=O)CCN2CCc3sccc3[C@@H]2c2cccc(F)c2)CCN1C(=O)c1cccs1. The molecule has 0 aliphatic carbocycles. The van der Waals surface area contributed by atoms with E-state index in [0.717, 1.165) is 23.4 Å². The van der Waals surface area contributed by atoms with Crippen LogP contribution >= 0.6 is 22.7 Å². The van der Waals surface area contributed by atoms with Gasteiger partial charge in [-0.15, -0.1) is 22.7 Å². The van der Waals surface area contributed by atoms with Crippen molar-refractivity contribution in [3.05, 3.63) is 79.9 Å². The van der Waals surface area contributed by atoms with Crippen LogP contribution in [-0.4, -0.2) is 65.3 Å². The number of fused-ring (bicyclic) bond motifs is 1. The highest BCUT2D eigenvalue weighted by atomic mass is 32.1. The van der Waals surface area contributed by atoms with Crippen molar-refractivity contribution in [3.8, 4) is 0 Å². The van der Waals surface area contributed by atoms with E-state index in [1.165, 1.54) is 27.8 Å². The molecule has 1 fully saturated rings. The van der Waals surface area contributed by atoms with Crippen molar-refractivity contribution in [2.24, 2.45) is 0 Å². The van der Waals surface area contributed by atoms with E-state index in [0.29, 0.717) is 32.6 Å². The Morgan fingerprint density at radius 1 is 1.06 bits per heavy atom. The minimum absolute atomic E-state index is 0.0179. The number of hydrogen-bond acceptors (Lipinski definition) is 5. The largest absolute Gasteiger partial charge is 0.339 e. The summed E-state index contributed by atoms with van der Waals surface area (Å²) in [6.07, 6.45) is 1.37. The van der Waals surface area contributed by atoms with E-state index in [1.807, 2.05) is 40.3 Å². The molecular weight excluding hydrogens is 469 g/mol. The highest BCUT2D eigenvalue weighted by Gasteiger charge is 2.33. The Morgan fingerprint density at radius 2 is 1.94 bits per heavy atom. The molecule has 2 aromatic heterocycles. The number of amides is 2. The first-order chi connectivity index (χ1) is 16.5. The molecular formula is C26H28FN3O2S2. The molecule has 2 atom stereocenters. The number of nitrogens with zero attached hydrogens (tertiary/aromatic N) is 3. The molecule has 8 heteroatoms. The Labute approximate surface area is 207 Å². The van der Waals surface area contributed by atoms with Gasteiger partial charge in [0.05, 0.1) is 10.9 Å². The Bertz CT molecular complexity index is 1160. The number of benzene rings is 1. The van der Waals surface area contributed by atoms with Gasteiger partial charge in [0.15, 0.2) is 0 Å². The molecule has 0 spiro atoms. The first-order valence-electron chi connectivity index (χ1n) is 11.7. The van der Waals surface area contributed by atoms with E-state index < -0.39 is 0 Å². The molecule has 1 aromatic carbocycles. The van der Waals surface area contributed by atoms with E-state index in [9.17, 15) is 14.0 Å². The molecule has 2 amide bonds. The summed E-state index contributed by atoms with van der Waals surface area (Å²) in [6.45, 7) is 5.14. The lowest BCUT2D eigenvalue weighted by atomic mass is 9.93. The zero-order valence-corrected chi connectivity index (χ0v) is 20.8. The molecule has 0 unspecified atom stereocenters. The molecule has 1 saturated heterocycles. The number of carbonyl (C=O) groups is 2. The van der Waals surface area contributed by atoms with Gasteiger partial charge in [0.1, 0.15) is 5.82 Å². The highest BCUT2D eigenvalue weighted by molar-refractivity contribution is 7.12. The summed E-state index contributed by atoms with van der Waals surface area (Å²) in [5, 5.41) is 4.01. The molecule has 0 bridgehead atoms. The summed E-state index contributed by atoms with van der Waals surface area (Å²) >= 11 is 3.20. The number of piperazine rings is 1. The standard InChI is InChI=1S/C26H28FN3O2S2/c1-18-17-29(12-13-30(18)26(32)23-6-3-14-33-23)24(31)8-11-28-10-7-22-21(9-15-34-22)25(28)19-4-2-5-20(27)16-19/h2-6,9,14-16,18,25H,7-8,10-13,17H2,1H3/t18-,25-/m0/s1. The van der Waals surface area contributed by atoms with Crippen molar-refractivity contribution in [3.63, 3.8) is 0 Å². The Hall–Kier alpha value is -2.55. The van der Waals surface area contributed by atoms with Crippen LogP contribution in [0.1, 0.15) is 45.1 Å². The van der Waals surface area contributed by atoms with Gasteiger partial charge in [0.25, 0.3) is 5.91 Å². The normalized spacial score (nSPS) is 20.9. The first-order valence-corrected chi connectivity index (χ1v) is 13.4. The summed E-state index contributed by atoms with van der Waals surface area (Å²) < 4.78 is 14.0. The summed E-state index contributed by atoms with van der Waals surface area (Å²) in [5.41, 5.74) is 2.16. The lowest BCUT2D eigenvalue weighted by molar-refractivity contribution is -0.134. The Balaban J connectivity index is 1.23. The number of halogens is 1. The fourth-order valence-corrected chi connectivity index (χ4v) is 6.68. The smallest absolute Gasteiger partial charge is 0.264 e. The van der Waals surface area contributed by atoms with Crippen molar-refractivity contribution < 1.29 is 14.0 Å². The van der Waals surface area contributed by atoms with Crippen molar-refractivity contribution >= 4 is 34.5 Å². The van der Waals surface area contributed by atoms with Crippen LogP contribution < -0.4 is 0 Å². The molecule has 34 heavy (non-hydrogen) atoms. The fourth-order valence-electron chi connectivity index (χ4n) is 5.10. The van der Waals surface area contributed by atoms with E-state index in [2.05, 4.69) is 16.3 Å². The Kier molecular flexibility index (Phi) is 6.81. The van der Waals surface area contributed by atoms with Crippen molar-refractivity contribution in [1.29, 1.82) is 0 Å². The predicted octanol–water partition coefficient (Wildman–Crippen LogP) is 4.66. The van der Waals surface area contributed by atoms with Gasteiger partial charge < -0.3 is 9.80 Å². The maximum absolute atomic E-state index is 14.0. The van der Waals surface area contributed by atoms with Crippen LogP contribution in [0, 0.1) is 5.82 Å². The van der Waals surface area contributed by atoms with Gasteiger partial charge >= 0.3 is 0 Å². The average molecular weight is 498 g/mol. The minimum atomic E-state index is -0.236. The maximum Gasteiger partial charge on any atom is 0.264 e. The van der Waals surface area contributed by atoms with Crippen LogP contribution in [0.2, 0.25) is 0 Å². The molecule has 5 nitrogen and oxygen atoms in total. The van der Waals surface area contributed by atoms with Crippen LogP contribution in [0.15, 0.2) is 53.2 Å². The minimum Gasteiger partial charge on any atom is -0.339 e. The van der Waals surface area contributed by atoms with E-state index in [-0.39, 0.29) is 29.7 Å². The van der Waals surface area contributed by atoms with Crippen LogP contribution in [0.5, 0.6) is 0 Å². The van der Waals surface area contributed by atoms with Gasteiger partial charge in [-0.25, -0.2) is 4.39 Å². The molecule has 0 saturated carbocycles. The van der Waals surface area contributed by atoms with Gasteiger partial charge in [0, 0.05) is 50.1 Å². The summed E-state index contributed by atoms with van der Waals surface area (Å²) in [7, 11) is 0. The van der Waals surface area contributed by atoms with Gasteiger partial charge in [-0.2, -0.15) is 0 Å². The summed E-state index contributed by atoms with van der Waals surface area (Å²) in [5.74, 6) is -0.0727. The first kappa shape index (κ1) is 23.2. The lowest BCUT2D eigenvalue weighted by Gasteiger charge is -2.40. The number of rotatable bonds is 5. The molecule has 2 aliphatic rings. The topological polar surface area (TPSA) is 43.9 Å². The van der Waals surface area contributed by atoms with Gasteiger partial charge in [-0.1, -0.05) is 18.2 Å². The zero-order valence-electron chi connectivity index (χ0n) is 19.2. The highest BCUT2D eigenvalue weighted by Crippen LogP contribution is 2.38. The van der Waals surface area contributed by atoms with Gasteiger partial charge in [0.2, 0.25) is 5.91 Å². The van der Waals surface area contributed by atoms with Crippen molar-refractivity contribution in [1.82, 2.24) is 14.7 Å². The molecule has 0 N–H and O–H groups in total. The quantitative estimate of drug-likeness (QED) is 0.515. The average Bonchev–Trinajstić information content (AvgIpc) is 3.54. The number of thiophene rings is 2. The third-order valence-corrected chi connectivity index (χ3v) is 8.67. The molecule has 0 radical (unpaired) electrons. The molecule has 178 valence electrons. The molecule has 4 heterocycles. The van der Waals surface area contributed by atoms with Crippen LogP contribution in [-0.2, 0) is 11.2 Å². The van der Waals surface area contributed by atoms with Crippen molar-refractivity contribution in [2.45, 2.75) is 31.8 Å². The monoisotopic (exact) mass is 497 g/mol. The van der Waals surface area contributed by atoms with Crippen molar-refractivity contribution in [2.75, 3.05) is 32.7 Å². The number of carbonyl (C=O) groups excluding carboxylic acids is 2. The second-order valence-corrected chi connectivity index (χ2v) is 10.9. The lowest BCUT2D eigenvalue weighted by Crippen LogP contribution is -2.55. The second kappa shape index (κ2) is 9.98. The van der Waals surface area contributed by atoms with Crippen LogP contribution in [0.4, 0.5) is 4.39 Å². The summed E-state index contributed by atoms with van der Waals surface area (Å²) in [6, 6.07) is 12.6. The third-order valence-electron chi connectivity index (χ3n) is 6.82. The summed E-state index contributed by atoms with van der Waals surface area (Å²) in [4.78, 5) is 34.0. The molecule has 5 rings (SSSR count). The third kappa shape index (κ3) is 4.67. The zero-order chi connectivity index (χ0) is 23.7. The molecule has 2 aliphatic heterocycles. The van der Waals surface area contributed by atoms with Gasteiger partial charge in [-0.3, -0.25) is 14.5 Å². The van der Waals surface area contributed by atoms with E-state index in [1.54, 1.807) is 23.5 Å². The van der Waals surface area contributed by atoms with E-state index in [4.69, 9.17) is 0 Å². The Morgan fingerprint density at radius 3 is 2.71 bits per heavy atom. The fraction of sp³-hybridized carbons (Fsp3) is 0.385. The molecule has 3 aromatic rings. The maximum atomic E-state index is 14.0. The van der Waals surface area contributed by atoms with Gasteiger partial charge in [-0.05, 0) is 59.5 Å². The van der Waals surface area contributed by atoms with Crippen LogP contribution in [0.25, 0.3) is 0 Å². The number of hydrogen-bond donors (Lipinski definition) is 0.